The molecular formula is C13H20FNO. The molecule has 16 heavy (non-hydrogen) atoms. The average Bonchev–Trinajstić information content (AvgIpc) is 2.28. The maximum atomic E-state index is 13.2. The number of nitrogens with one attached hydrogen (secondary N) is 1. The molecule has 0 radical (unpaired) electrons. The van der Waals surface area contributed by atoms with Gasteiger partial charge in [0.25, 0.3) is 0 Å². The molecule has 0 aliphatic carbocycles. The molecule has 0 fully saturated rings. The van der Waals surface area contributed by atoms with Crippen molar-refractivity contribution < 1.29 is 9.50 Å². The zero-order chi connectivity index (χ0) is 12.0. The Morgan fingerprint density at radius 3 is 2.62 bits per heavy atom. The van der Waals surface area contributed by atoms with Gasteiger partial charge in [-0.3, -0.25) is 0 Å². The predicted octanol–water partition coefficient (Wildman–Crippen LogP) is 2.42. The van der Waals surface area contributed by atoms with Gasteiger partial charge in [0, 0.05) is 12.1 Å². The first-order chi connectivity index (χ1) is 7.68. The largest absolute Gasteiger partial charge is 0.396 e. The lowest BCUT2D eigenvalue weighted by atomic mass is 9.84. The fourth-order valence-electron chi connectivity index (χ4n) is 2.16. The lowest BCUT2D eigenvalue weighted by Crippen LogP contribution is -2.42. The highest BCUT2D eigenvalue weighted by Crippen LogP contribution is 2.28. The van der Waals surface area contributed by atoms with Gasteiger partial charge >= 0.3 is 0 Å². The van der Waals surface area contributed by atoms with E-state index in [0.717, 1.165) is 18.5 Å². The SMILES string of the molecule is CCNC(CC)(CCO)c1cccc(F)c1. The van der Waals surface area contributed by atoms with Gasteiger partial charge in [-0.25, -0.2) is 4.39 Å². The van der Waals surface area contributed by atoms with E-state index >= 15 is 0 Å². The fraction of sp³-hybridized carbons (Fsp3) is 0.538. The number of benzene rings is 1. The average molecular weight is 225 g/mol. The topological polar surface area (TPSA) is 32.3 Å². The summed E-state index contributed by atoms with van der Waals surface area (Å²) in [5.41, 5.74) is 0.594. The molecular weight excluding hydrogens is 205 g/mol. The zero-order valence-electron chi connectivity index (χ0n) is 9.96. The summed E-state index contributed by atoms with van der Waals surface area (Å²) in [6.07, 6.45) is 1.42. The molecule has 90 valence electrons. The summed E-state index contributed by atoms with van der Waals surface area (Å²) >= 11 is 0. The summed E-state index contributed by atoms with van der Waals surface area (Å²) < 4.78 is 13.2. The maximum absolute atomic E-state index is 13.2. The van der Waals surface area contributed by atoms with Gasteiger partial charge < -0.3 is 10.4 Å². The van der Waals surface area contributed by atoms with Crippen LogP contribution in [0.1, 0.15) is 32.3 Å². The van der Waals surface area contributed by atoms with Gasteiger partial charge in [-0.1, -0.05) is 26.0 Å². The second-order valence-electron chi connectivity index (χ2n) is 3.95. The minimum atomic E-state index is -0.314. The van der Waals surface area contributed by atoms with E-state index in [1.807, 2.05) is 19.9 Å². The minimum absolute atomic E-state index is 0.0946. The van der Waals surface area contributed by atoms with Gasteiger partial charge in [0.1, 0.15) is 5.82 Å². The van der Waals surface area contributed by atoms with Crippen LogP contribution in [0.4, 0.5) is 4.39 Å². The Balaban J connectivity index is 3.07. The van der Waals surface area contributed by atoms with Crippen molar-refractivity contribution in [2.45, 2.75) is 32.2 Å². The van der Waals surface area contributed by atoms with Crippen molar-refractivity contribution in [1.29, 1.82) is 0 Å². The lowest BCUT2D eigenvalue weighted by molar-refractivity contribution is 0.205. The first kappa shape index (κ1) is 13.1. The Morgan fingerprint density at radius 2 is 2.12 bits per heavy atom. The summed E-state index contributed by atoms with van der Waals surface area (Å²) in [5.74, 6) is -0.230. The summed E-state index contributed by atoms with van der Waals surface area (Å²) in [6.45, 7) is 4.95. The van der Waals surface area contributed by atoms with E-state index in [0.29, 0.717) is 6.42 Å². The van der Waals surface area contributed by atoms with Crippen LogP contribution in [-0.2, 0) is 5.54 Å². The Kier molecular flexibility index (Phi) is 4.90. The Labute approximate surface area is 96.5 Å². The number of aliphatic hydroxyl groups is 1. The van der Waals surface area contributed by atoms with Crippen molar-refractivity contribution in [3.8, 4) is 0 Å². The van der Waals surface area contributed by atoms with Crippen LogP contribution < -0.4 is 5.32 Å². The predicted molar refractivity (Wildman–Crippen MR) is 63.7 cm³/mol. The van der Waals surface area contributed by atoms with E-state index in [2.05, 4.69) is 5.32 Å². The molecule has 3 heteroatoms. The van der Waals surface area contributed by atoms with E-state index in [1.54, 1.807) is 12.1 Å². The molecule has 0 amide bonds. The van der Waals surface area contributed by atoms with Crippen LogP contribution in [0.2, 0.25) is 0 Å². The van der Waals surface area contributed by atoms with E-state index in [1.165, 1.54) is 6.07 Å². The quantitative estimate of drug-likeness (QED) is 0.779. The van der Waals surface area contributed by atoms with E-state index in [-0.39, 0.29) is 18.0 Å². The molecule has 0 aromatic heterocycles. The molecule has 0 bridgehead atoms. The molecule has 0 saturated carbocycles. The molecule has 0 heterocycles. The summed E-state index contributed by atoms with van der Waals surface area (Å²) in [7, 11) is 0. The molecule has 0 aliphatic heterocycles. The van der Waals surface area contributed by atoms with Crippen LogP contribution in [-0.4, -0.2) is 18.3 Å². The molecule has 1 rings (SSSR count). The highest BCUT2D eigenvalue weighted by atomic mass is 19.1. The third kappa shape index (κ3) is 2.80. The van der Waals surface area contributed by atoms with Crippen molar-refractivity contribution in [2.75, 3.05) is 13.2 Å². The van der Waals surface area contributed by atoms with Gasteiger partial charge in [-0.15, -0.1) is 0 Å². The molecule has 1 aromatic carbocycles. The van der Waals surface area contributed by atoms with Crippen molar-refractivity contribution in [3.63, 3.8) is 0 Å². The first-order valence-corrected chi connectivity index (χ1v) is 5.80. The minimum Gasteiger partial charge on any atom is -0.396 e. The van der Waals surface area contributed by atoms with Crippen LogP contribution in [0.3, 0.4) is 0 Å². The van der Waals surface area contributed by atoms with Crippen molar-refractivity contribution in [1.82, 2.24) is 5.32 Å². The number of rotatable bonds is 6. The molecule has 1 aromatic rings. The van der Waals surface area contributed by atoms with Gasteiger partial charge in [-0.2, -0.15) is 0 Å². The van der Waals surface area contributed by atoms with Crippen LogP contribution in [0.15, 0.2) is 24.3 Å². The van der Waals surface area contributed by atoms with Gasteiger partial charge in [-0.05, 0) is 37.1 Å². The molecule has 0 saturated heterocycles. The van der Waals surface area contributed by atoms with Crippen molar-refractivity contribution in [3.05, 3.63) is 35.6 Å². The third-order valence-corrected chi connectivity index (χ3v) is 3.03. The molecule has 2 nitrogen and oxygen atoms in total. The van der Waals surface area contributed by atoms with Crippen LogP contribution in [0, 0.1) is 5.82 Å². The fourth-order valence-corrected chi connectivity index (χ4v) is 2.16. The van der Waals surface area contributed by atoms with Crippen LogP contribution >= 0.6 is 0 Å². The Hall–Kier alpha value is -0.930. The first-order valence-electron chi connectivity index (χ1n) is 5.80. The van der Waals surface area contributed by atoms with Gasteiger partial charge in [0.05, 0.1) is 0 Å². The molecule has 1 atom stereocenters. The van der Waals surface area contributed by atoms with Crippen molar-refractivity contribution in [2.24, 2.45) is 0 Å². The number of aliphatic hydroxyl groups excluding tert-OH is 1. The van der Waals surface area contributed by atoms with Gasteiger partial charge in [0.2, 0.25) is 0 Å². The normalized spacial score (nSPS) is 14.8. The number of hydrogen-bond acceptors (Lipinski definition) is 2. The van der Waals surface area contributed by atoms with Crippen LogP contribution in [0.5, 0.6) is 0 Å². The highest BCUT2D eigenvalue weighted by Gasteiger charge is 2.28. The van der Waals surface area contributed by atoms with Crippen molar-refractivity contribution >= 4 is 0 Å². The number of halogens is 1. The lowest BCUT2D eigenvalue weighted by Gasteiger charge is -2.34. The Morgan fingerprint density at radius 1 is 1.38 bits per heavy atom. The highest BCUT2D eigenvalue weighted by molar-refractivity contribution is 5.25. The molecule has 0 spiro atoms. The second-order valence-corrected chi connectivity index (χ2v) is 3.95. The Bertz CT molecular complexity index is 321. The molecule has 2 N–H and O–H groups in total. The molecule has 0 aliphatic rings. The summed E-state index contributed by atoms with van der Waals surface area (Å²) in [5, 5.41) is 12.5. The van der Waals surface area contributed by atoms with E-state index in [9.17, 15) is 4.39 Å². The summed E-state index contributed by atoms with van der Waals surface area (Å²) in [4.78, 5) is 0. The van der Waals surface area contributed by atoms with E-state index < -0.39 is 0 Å². The monoisotopic (exact) mass is 225 g/mol. The second kappa shape index (κ2) is 5.97. The standard InChI is InChI=1S/C13H20FNO/c1-3-13(8-9-16,15-4-2)11-6-5-7-12(14)10-11/h5-7,10,15-16H,3-4,8-9H2,1-2H3. The molecule has 1 unspecified atom stereocenters. The van der Waals surface area contributed by atoms with E-state index in [4.69, 9.17) is 5.11 Å². The zero-order valence-corrected chi connectivity index (χ0v) is 9.96. The third-order valence-electron chi connectivity index (χ3n) is 3.03. The number of hydrogen-bond donors (Lipinski definition) is 2. The smallest absolute Gasteiger partial charge is 0.123 e. The van der Waals surface area contributed by atoms with Gasteiger partial charge in [0.15, 0.2) is 0 Å². The summed E-state index contributed by atoms with van der Waals surface area (Å²) in [6, 6.07) is 6.60. The van der Waals surface area contributed by atoms with Crippen LogP contribution in [0.25, 0.3) is 0 Å². The maximum Gasteiger partial charge on any atom is 0.123 e.